The second-order valence-electron chi connectivity index (χ2n) is 9.63. The highest BCUT2D eigenvalue weighted by Crippen LogP contribution is 2.43. The van der Waals surface area contributed by atoms with Crippen molar-refractivity contribution in [1.29, 1.82) is 0 Å². The lowest BCUT2D eigenvalue weighted by atomic mass is 9.79. The van der Waals surface area contributed by atoms with Crippen molar-refractivity contribution < 1.29 is 18.7 Å². The third-order valence-corrected chi connectivity index (χ3v) is 6.44. The number of aryl methyl sites for hydroxylation is 4. The lowest BCUT2D eigenvalue weighted by molar-refractivity contribution is 0.0930. The van der Waals surface area contributed by atoms with Gasteiger partial charge in [-0.15, -0.1) is 0 Å². The molecule has 9 heteroatoms. The molecule has 4 aromatic rings. The first-order chi connectivity index (χ1) is 16.6. The van der Waals surface area contributed by atoms with Crippen molar-refractivity contribution in [3.05, 3.63) is 58.5 Å². The number of hydrogen-bond donors (Lipinski definition) is 2. The van der Waals surface area contributed by atoms with Gasteiger partial charge in [-0.3, -0.25) is 20.3 Å². The Balaban J connectivity index is 1.29. The molecule has 0 bridgehead atoms. The van der Waals surface area contributed by atoms with Gasteiger partial charge in [0.2, 0.25) is 0 Å². The van der Waals surface area contributed by atoms with Gasteiger partial charge in [0.25, 0.3) is 5.95 Å². The maximum absolute atomic E-state index is 12.6. The molecule has 4 heterocycles. The number of fused-ring (bicyclic) bond motifs is 2. The predicted octanol–water partition coefficient (Wildman–Crippen LogP) is 5.10. The van der Waals surface area contributed by atoms with E-state index in [1.807, 2.05) is 46.0 Å². The van der Waals surface area contributed by atoms with Crippen LogP contribution in [0.5, 0.6) is 17.4 Å². The topological polar surface area (TPSA) is 103 Å². The van der Waals surface area contributed by atoms with Crippen LogP contribution in [0.25, 0.3) is 11.0 Å². The van der Waals surface area contributed by atoms with Crippen LogP contribution in [0.2, 0.25) is 0 Å². The lowest BCUT2D eigenvalue weighted by Crippen LogP contribution is -2.29. The summed E-state index contributed by atoms with van der Waals surface area (Å²) in [4.78, 5) is 17.2. The Bertz CT molecular complexity index is 1450. The van der Waals surface area contributed by atoms with Crippen molar-refractivity contribution in [2.75, 3.05) is 12.0 Å². The molecule has 0 spiro atoms. The molecule has 9 nitrogen and oxygen atoms in total. The normalized spacial score (nSPS) is 14.3. The van der Waals surface area contributed by atoms with Gasteiger partial charge < -0.3 is 13.9 Å². The Labute approximate surface area is 203 Å². The van der Waals surface area contributed by atoms with Crippen molar-refractivity contribution in [3.63, 3.8) is 0 Å². The monoisotopic (exact) mass is 475 g/mol. The molecule has 0 aliphatic carbocycles. The summed E-state index contributed by atoms with van der Waals surface area (Å²) in [6.45, 7) is 11.0. The fourth-order valence-electron chi connectivity index (χ4n) is 4.56. The van der Waals surface area contributed by atoms with E-state index in [0.29, 0.717) is 18.2 Å². The van der Waals surface area contributed by atoms with Crippen molar-refractivity contribution in [1.82, 2.24) is 20.2 Å². The molecule has 0 saturated carbocycles. The van der Waals surface area contributed by atoms with Gasteiger partial charge in [-0.2, -0.15) is 5.10 Å². The molecule has 0 unspecified atom stereocenters. The van der Waals surface area contributed by atoms with Crippen LogP contribution in [0.15, 0.2) is 34.7 Å². The van der Waals surface area contributed by atoms with Crippen LogP contribution >= 0.6 is 0 Å². The predicted molar refractivity (Wildman–Crippen MR) is 132 cm³/mol. The van der Waals surface area contributed by atoms with E-state index in [4.69, 9.17) is 13.9 Å². The van der Waals surface area contributed by atoms with Gasteiger partial charge in [-0.1, -0.05) is 13.8 Å². The van der Waals surface area contributed by atoms with Crippen LogP contribution in [-0.4, -0.2) is 27.3 Å². The minimum atomic E-state index is -0.447. The van der Waals surface area contributed by atoms with Crippen LogP contribution < -0.4 is 20.3 Å². The summed E-state index contributed by atoms with van der Waals surface area (Å²) in [7, 11) is 1.84. The minimum Gasteiger partial charge on any atom is -0.493 e. The molecule has 3 aromatic heterocycles. The quantitative estimate of drug-likeness (QED) is 0.387. The molecule has 2 N–H and O–H groups in total. The average Bonchev–Trinajstić information content (AvgIpc) is 3.37. The van der Waals surface area contributed by atoms with Gasteiger partial charge in [0.1, 0.15) is 17.3 Å². The zero-order chi connectivity index (χ0) is 24.9. The molecule has 0 saturated heterocycles. The number of ether oxygens (including phenoxy) is 2. The molecule has 1 aromatic carbocycles. The van der Waals surface area contributed by atoms with E-state index in [-0.39, 0.29) is 17.1 Å². The Morgan fingerprint density at radius 3 is 2.74 bits per heavy atom. The first kappa shape index (κ1) is 22.8. The highest BCUT2D eigenvalue weighted by molar-refractivity contribution is 5.92. The number of pyridine rings is 1. The smallest absolute Gasteiger partial charge is 0.305 e. The average molecular weight is 476 g/mol. The zero-order valence-corrected chi connectivity index (χ0v) is 20.8. The number of aromatic nitrogens is 3. The third-order valence-electron chi connectivity index (χ3n) is 6.44. The summed E-state index contributed by atoms with van der Waals surface area (Å²) >= 11 is 0. The number of carbonyl (C=O) groups is 1. The van der Waals surface area contributed by atoms with Gasteiger partial charge in [0, 0.05) is 24.1 Å². The van der Waals surface area contributed by atoms with E-state index in [1.54, 1.807) is 16.8 Å². The first-order valence-electron chi connectivity index (χ1n) is 11.6. The number of nitrogens with one attached hydrogen (secondary N) is 2. The number of rotatable bonds is 5. The summed E-state index contributed by atoms with van der Waals surface area (Å²) in [5.74, 6) is 1.95. The highest BCUT2D eigenvalue weighted by atomic mass is 16.6. The van der Waals surface area contributed by atoms with Crippen molar-refractivity contribution >= 4 is 22.8 Å². The SMILES string of the molecule is Cc1cc(Oc2ccc(C(=O)NNc3cc(C)c4c(C)nn(C)c4n3)o2)cc2c1OCCC2(C)C. The number of carbonyl (C=O) groups excluding carboxylic acids is 1. The van der Waals surface area contributed by atoms with Gasteiger partial charge in [0.15, 0.2) is 11.4 Å². The largest absolute Gasteiger partial charge is 0.493 e. The van der Waals surface area contributed by atoms with Crippen LogP contribution in [0.1, 0.15) is 53.2 Å². The van der Waals surface area contributed by atoms with E-state index in [2.05, 4.69) is 34.8 Å². The molecule has 5 rings (SSSR count). The van der Waals surface area contributed by atoms with Crippen LogP contribution in [0.4, 0.5) is 5.82 Å². The molecule has 1 aliphatic rings. The van der Waals surface area contributed by atoms with Crippen LogP contribution in [0, 0.1) is 20.8 Å². The number of nitrogens with zero attached hydrogens (tertiary/aromatic N) is 3. The highest BCUT2D eigenvalue weighted by Gasteiger charge is 2.30. The Kier molecular flexibility index (Phi) is 5.42. The number of benzene rings is 1. The molecule has 0 fully saturated rings. The maximum Gasteiger partial charge on any atom is 0.305 e. The standard InChI is InChI=1S/C26H29N5O4/c1-14-12-20(27-24-22(14)16(3)30-31(24)6)28-29-25(32)19-7-8-21(35-19)34-17-11-15(2)23-18(13-17)26(4,5)9-10-33-23/h7-8,11-13H,9-10H2,1-6H3,(H,27,28)(H,29,32). The fraction of sp³-hybridized carbons (Fsp3) is 0.346. The number of anilines is 1. The van der Waals surface area contributed by atoms with Crippen molar-refractivity contribution in [3.8, 4) is 17.4 Å². The summed E-state index contributed by atoms with van der Waals surface area (Å²) in [5, 5.41) is 5.42. The van der Waals surface area contributed by atoms with Crippen LogP contribution in [-0.2, 0) is 12.5 Å². The number of hydrazine groups is 1. The lowest BCUT2D eigenvalue weighted by Gasteiger charge is -2.33. The molecular weight excluding hydrogens is 446 g/mol. The number of furan rings is 1. The Morgan fingerprint density at radius 2 is 1.94 bits per heavy atom. The second kappa shape index (κ2) is 8.33. The van der Waals surface area contributed by atoms with Crippen LogP contribution in [0.3, 0.4) is 0 Å². The zero-order valence-electron chi connectivity index (χ0n) is 20.8. The maximum atomic E-state index is 12.6. The minimum absolute atomic E-state index is 0.0127. The van der Waals surface area contributed by atoms with Crippen molar-refractivity contribution in [2.45, 2.75) is 46.5 Å². The molecule has 35 heavy (non-hydrogen) atoms. The first-order valence-corrected chi connectivity index (χ1v) is 11.6. The van der Waals surface area contributed by atoms with E-state index < -0.39 is 5.91 Å². The molecule has 0 atom stereocenters. The second-order valence-corrected chi connectivity index (χ2v) is 9.63. The summed E-state index contributed by atoms with van der Waals surface area (Å²) in [5.41, 5.74) is 10.2. The number of amides is 1. The van der Waals surface area contributed by atoms with Gasteiger partial charge in [-0.05, 0) is 68.0 Å². The third kappa shape index (κ3) is 4.18. The van der Waals surface area contributed by atoms with Gasteiger partial charge in [-0.25, -0.2) is 4.98 Å². The molecule has 0 radical (unpaired) electrons. The van der Waals surface area contributed by atoms with Gasteiger partial charge >= 0.3 is 5.91 Å². The molecular formula is C26H29N5O4. The molecule has 1 aliphatic heterocycles. The Morgan fingerprint density at radius 1 is 1.14 bits per heavy atom. The van der Waals surface area contributed by atoms with E-state index >= 15 is 0 Å². The van der Waals surface area contributed by atoms with E-state index in [1.165, 1.54) is 0 Å². The Hall–Kier alpha value is -4.01. The van der Waals surface area contributed by atoms with Gasteiger partial charge in [0.05, 0.1) is 12.3 Å². The number of hydrogen-bond acceptors (Lipinski definition) is 7. The summed E-state index contributed by atoms with van der Waals surface area (Å²) in [6, 6.07) is 8.94. The van der Waals surface area contributed by atoms with E-state index in [9.17, 15) is 4.79 Å². The summed E-state index contributed by atoms with van der Waals surface area (Å²) < 4.78 is 19.2. The van der Waals surface area contributed by atoms with Crippen molar-refractivity contribution in [2.24, 2.45) is 7.05 Å². The molecule has 1 amide bonds. The van der Waals surface area contributed by atoms with E-state index in [0.717, 1.165) is 45.6 Å². The summed E-state index contributed by atoms with van der Waals surface area (Å²) in [6.07, 6.45) is 0.933. The fourth-order valence-corrected chi connectivity index (χ4v) is 4.56. The molecule has 182 valence electrons.